The highest BCUT2D eigenvalue weighted by atomic mass is 16.1. The number of amides is 1. The summed E-state index contributed by atoms with van der Waals surface area (Å²) in [5.41, 5.74) is 3.04. The lowest BCUT2D eigenvalue weighted by Crippen LogP contribution is -2.30. The van der Waals surface area contributed by atoms with Crippen molar-refractivity contribution in [1.29, 1.82) is 0 Å². The van der Waals surface area contributed by atoms with Crippen LogP contribution in [-0.4, -0.2) is 25.5 Å². The Hall–Kier alpha value is -2.49. The van der Waals surface area contributed by atoms with Crippen molar-refractivity contribution in [1.82, 2.24) is 0 Å². The molecule has 0 unspecified atom stereocenters. The van der Waals surface area contributed by atoms with Gasteiger partial charge in [0.1, 0.15) is 0 Å². The van der Waals surface area contributed by atoms with Gasteiger partial charge in [-0.05, 0) is 43.5 Å². The van der Waals surface area contributed by atoms with Gasteiger partial charge in [-0.15, -0.1) is 0 Å². The number of hydrogen-bond acceptors (Lipinski definition) is 3. The smallest absolute Gasteiger partial charge is 0.243 e. The number of carbonyl (C=O) groups excluding carboxylic acids is 1. The van der Waals surface area contributed by atoms with Gasteiger partial charge in [-0.25, -0.2) is 0 Å². The van der Waals surface area contributed by atoms with Crippen molar-refractivity contribution in [3.63, 3.8) is 0 Å². The Morgan fingerprint density at radius 3 is 2.39 bits per heavy atom. The lowest BCUT2D eigenvalue weighted by molar-refractivity contribution is -0.114. The van der Waals surface area contributed by atoms with Crippen molar-refractivity contribution >= 4 is 23.0 Å². The van der Waals surface area contributed by atoms with Crippen molar-refractivity contribution < 1.29 is 4.79 Å². The molecule has 0 aromatic heterocycles. The summed E-state index contributed by atoms with van der Waals surface area (Å²) in [7, 11) is 0. The van der Waals surface area contributed by atoms with E-state index in [1.807, 2.05) is 42.5 Å². The predicted octanol–water partition coefficient (Wildman–Crippen LogP) is 3.73. The lowest BCUT2D eigenvalue weighted by Gasteiger charge is -2.30. The summed E-state index contributed by atoms with van der Waals surface area (Å²) < 4.78 is 0. The van der Waals surface area contributed by atoms with Gasteiger partial charge in [0.15, 0.2) is 0 Å². The lowest BCUT2D eigenvalue weighted by atomic mass is 10.1. The average Bonchev–Trinajstić information content (AvgIpc) is 2.62. The van der Waals surface area contributed by atoms with E-state index in [4.69, 9.17) is 0 Å². The molecule has 1 aliphatic rings. The summed E-state index contributed by atoms with van der Waals surface area (Å²) in [6, 6.07) is 17.8. The Morgan fingerprint density at radius 1 is 0.913 bits per heavy atom. The van der Waals surface area contributed by atoms with Crippen molar-refractivity contribution in [2.24, 2.45) is 0 Å². The highest BCUT2D eigenvalue weighted by Gasteiger charge is 2.14. The fraction of sp³-hybridized carbons (Fsp3) is 0.316. The molecule has 2 aromatic carbocycles. The minimum atomic E-state index is -0.0374. The van der Waals surface area contributed by atoms with E-state index in [2.05, 4.69) is 27.7 Å². The Kier molecular flexibility index (Phi) is 5.14. The molecule has 2 N–H and O–H groups in total. The maximum atomic E-state index is 12.1. The summed E-state index contributed by atoms with van der Waals surface area (Å²) in [5.74, 6) is -0.0374. The maximum Gasteiger partial charge on any atom is 0.243 e. The number of nitrogens with zero attached hydrogens (tertiary/aromatic N) is 1. The average molecular weight is 309 g/mol. The quantitative estimate of drug-likeness (QED) is 0.884. The third kappa shape index (κ3) is 4.25. The molecule has 0 aliphatic carbocycles. The molecule has 23 heavy (non-hydrogen) atoms. The topological polar surface area (TPSA) is 44.4 Å². The van der Waals surface area contributed by atoms with Gasteiger partial charge >= 0.3 is 0 Å². The molecular formula is C19H23N3O. The second kappa shape index (κ2) is 7.68. The second-order valence-electron chi connectivity index (χ2n) is 5.83. The minimum Gasteiger partial charge on any atom is -0.374 e. The second-order valence-corrected chi connectivity index (χ2v) is 5.83. The zero-order valence-corrected chi connectivity index (χ0v) is 13.3. The zero-order chi connectivity index (χ0) is 15.9. The van der Waals surface area contributed by atoms with Gasteiger partial charge in [0.05, 0.1) is 17.9 Å². The number of carbonyl (C=O) groups is 1. The maximum absolute atomic E-state index is 12.1. The van der Waals surface area contributed by atoms with E-state index in [9.17, 15) is 4.79 Å². The van der Waals surface area contributed by atoms with Crippen LogP contribution in [0, 0.1) is 0 Å². The third-order valence-electron chi connectivity index (χ3n) is 4.10. The van der Waals surface area contributed by atoms with Crippen molar-refractivity contribution in [3.8, 4) is 0 Å². The molecule has 1 fully saturated rings. The summed E-state index contributed by atoms with van der Waals surface area (Å²) >= 11 is 0. The monoisotopic (exact) mass is 309 g/mol. The van der Waals surface area contributed by atoms with E-state index in [1.165, 1.54) is 24.9 Å². The molecule has 0 saturated carbocycles. The van der Waals surface area contributed by atoms with Crippen LogP contribution >= 0.6 is 0 Å². The highest BCUT2D eigenvalue weighted by molar-refractivity contribution is 5.94. The van der Waals surface area contributed by atoms with Gasteiger partial charge in [-0.1, -0.05) is 30.3 Å². The standard InChI is InChI=1S/C19H23N3O/c23-19(21-16-9-3-1-4-10-16)15-20-17-11-5-6-12-18(17)22-13-7-2-8-14-22/h1,3-6,9-12,20H,2,7-8,13-15H2,(H,21,23). The molecule has 4 heteroatoms. The number of benzene rings is 2. The van der Waals surface area contributed by atoms with Gasteiger partial charge in [0, 0.05) is 18.8 Å². The summed E-state index contributed by atoms with van der Waals surface area (Å²) in [6.07, 6.45) is 3.79. The first-order valence-corrected chi connectivity index (χ1v) is 8.26. The Morgan fingerprint density at radius 2 is 1.61 bits per heavy atom. The van der Waals surface area contributed by atoms with Gasteiger partial charge in [-0.2, -0.15) is 0 Å². The molecule has 2 aromatic rings. The van der Waals surface area contributed by atoms with Gasteiger partial charge in [-0.3, -0.25) is 4.79 Å². The van der Waals surface area contributed by atoms with Crippen LogP contribution in [0.5, 0.6) is 0 Å². The molecule has 120 valence electrons. The number of para-hydroxylation sites is 3. The number of piperidine rings is 1. The van der Waals surface area contributed by atoms with Crippen LogP contribution in [0.1, 0.15) is 19.3 Å². The molecular weight excluding hydrogens is 286 g/mol. The highest BCUT2D eigenvalue weighted by Crippen LogP contribution is 2.28. The molecule has 1 amide bonds. The van der Waals surface area contributed by atoms with Crippen LogP contribution in [0.4, 0.5) is 17.1 Å². The molecule has 1 aliphatic heterocycles. The number of anilines is 3. The van der Waals surface area contributed by atoms with Crippen LogP contribution in [0.15, 0.2) is 54.6 Å². The van der Waals surface area contributed by atoms with E-state index in [0.29, 0.717) is 0 Å². The van der Waals surface area contributed by atoms with Crippen LogP contribution in [0.2, 0.25) is 0 Å². The Bertz CT molecular complexity index is 636. The normalized spacial score (nSPS) is 14.3. The molecule has 0 bridgehead atoms. The van der Waals surface area contributed by atoms with Crippen LogP contribution < -0.4 is 15.5 Å². The number of rotatable bonds is 5. The fourth-order valence-corrected chi connectivity index (χ4v) is 2.94. The van der Waals surface area contributed by atoms with E-state index in [1.54, 1.807) is 0 Å². The molecule has 1 heterocycles. The summed E-state index contributed by atoms with van der Waals surface area (Å²) in [5, 5.41) is 6.17. The van der Waals surface area contributed by atoms with Crippen molar-refractivity contribution in [2.45, 2.75) is 19.3 Å². The molecule has 4 nitrogen and oxygen atoms in total. The Labute approximate surface area is 137 Å². The fourth-order valence-electron chi connectivity index (χ4n) is 2.94. The van der Waals surface area contributed by atoms with Crippen molar-refractivity contribution in [2.75, 3.05) is 35.2 Å². The van der Waals surface area contributed by atoms with Gasteiger partial charge in [0.25, 0.3) is 0 Å². The zero-order valence-electron chi connectivity index (χ0n) is 13.3. The minimum absolute atomic E-state index is 0.0374. The summed E-state index contributed by atoms with van der Waals surface area (Å²) in [4.78, 5) is 14.5. The largest absolute Gasteiger partial charge is 0.374 e. The summed E-state index contributed by atoms with van der Waals surface area (Å²) in [6.45, 7) is 2.45. The number of hydrogen-bond donors (Lipinski definition) is 2. The SMILES string of the molecule is O=C(CNc1ccccc1N1CCCCC1)Nc1ccccc1. The van der Waals surface area contributed by atoms with Crippen LogP contribution in [-0.2, 0) is 4.79 Å². The van der Waals surface area contributed by atoms with Gasteiger partial charge < -0.3 is 15.5 Å². The van der Waals surface area contributed by atoms with Crippen LogP contribution in [0.3, 0.4) is 0 Å². The molecule has 1 saturated heterocycles. The third-order valence-corrected chi connectivity index (χ3v) is 4.10. The first kappa shape index (κ1) is 15.4. The van der Waals surface area contributed by atoms with Crippen molar-refractivity contribution in [3.05, 3.63) is 54.6 Å². The van der Waals surface area contributed by atoms with E-state index in [-0.39, 0.29) is 12.5 Å². The number of nitrogens with one attached hydrogen (secondary N) is 2. The molecule has 0 atom stereocenters. The molecule has 3 rings (SSSR count). The Balaban J connectivity index is 1.60. The molecule has 0 spiro atoms. The van der Waals surface area contributed by atoms with Crippen LogP contribution in [0.25, 0.3) is 0 Å². The van der Waals surface area contributed by atoms with E-state index in [0.717, 1.165) is 24.5 Å². The van der Waals surface area contributed by atoms with E-state index >= 15 is 0 Å². The predicted molar refractivity (Wildman–Crippen MR) is 96.1 cm³/mol. The molecule has 0 radical (unpaired) electrons. The van der Waals surface area contributed by atoms with Gasteiger partial charge in [0.2, 0.25) is 5.91 Å². The first-order valence-electron chi connectivity index (χ1n) is 8.26. The van der Waals surface area contributed by atoms with E-state index < -0.39 is 0 Å². The first-order chi connectivity index (χ1) is 11.3.